The number of nitrogens with zero attached hydrogens (tertiary/aromatic N) is 2. The summed E-state index contributed by atoms with van der Waals surface area (Å²) >= 11 is 0. The monoisotopic (exact) mass is 915 g/mol. The van der Waals surface area contributed by atoms with E-state index in [1.165, 1.54) is 0 Å². The Morgan fingerprint density at radius 3 is 1.67 bits per heavy atom. The summed E-state index contributed by atoms with van der Waals surface area (Å²) in [7, 11) is 0.322. The summed E-state index contributed by atoms with van der Waals surface area (Å²) in [4.78, 5) is 23.2. The van der Waals surface area contributed by atoms with E-state index in [0.717, 1.165) is 109 Å². The number of pyridine rings is 1. The molecule has 3 saturated heterocycles. The van der Waals surface area contributed by atoms with Crippen LogP contribution in [0.1, 0.15) is 34.8 Å². The molecular weight excluding hydrogens is 862 g/mol. The number of carbonyl (C=O) groups excluding carboxylic acids is 1. The summed E-state index contributed by atoms with van der Waals surface area (Å²) in [6.07, 6.45) is 6.12. The summed E-state index contributed by atoms with van der Waals surface area (Å²) < 4.78 is 5.77. The number of piperidine rings is 3. The fourth-order valence-corrected chi connectivity index (χ4v) is 13.4. The van der Waals surface area contributed by atoms with Crippen LogP contribution in [0.4, 0.5) is 0 Å². The zero-order valence-electron chi connectivity index (χ0n) is 38.8. The Morgan fingerprint density at radius 2 is 1.17 bits per heavy atom. The van der Waals surface area contributed by atoms with Gasteiger partial charge in [-0.3, -0.25) is 14.7 Å². The Morgan fingerprint density at radius 1 is 0.652 bits per heavy atom. The van der Waals surface area contributed by atoms with Gasteiger partial charge < -0.3 is 10.1 Å². The molecule has 3 aliphatic rings. The number of aromatic nitrogens is 1. The largest absolute Gasteiger partial charge is 0.497 e. The third kappa shape index (κ3) is 9.04. The predicted octanol–water partition coefficient (Wildman–Crippen LogP) is 13.0. The lowest BCUT2D eigenvalue weighted by molar-refractivity contribution is 0.00171. The molecule has 69 heavy (non-hydrogen) atoms. The highest BCUT2D eigenvalue weighted by Gasteiger charge is 2.43. The van der Waals surface area contributed by atoms with E-state index in [1.807, 2.05) is 30.5 Å². The third-order valence-electron chi connectivity index (χ3n) is 14.3. The van der Waals surface area contributed by atoms with Gasteiger partial charge in [0, 0.05) is 29.7 Å². The van der Waals surface area contributed by atoms with E-state index in [2.05, 4.69) is 205 Å². The van der Waals surface area contributed by atoms with Crippen molar-refractivity contribution < 1.29 is 9.53 Å². The number of fused-ring (bicyclic) bond motifs is 4. The molecule has 0 spiro atoms. The number of methoxy groups -OCH3 is 1. The van der Waals surface area contributed by atoms with Gasteiger partial charge in [-0.1, -0.05) is 146 Å². The van der Waals surface area contributed by atoms with Crippen LogP contribution in [0.25, 0.3) is 55.4 Å². The van der Waals surface area contributed by atoms with Gasteiger partial charge in [0.25, 0.3) is 5.91 Å². The minimum absolute atomic E-state index is 0.0846. The van der Waals surface area contributed by atoms with Crippen LogP contribution in [-0.2, 0) is 0 Å². The number of amides is 1. The Kier molecular flexibility index (Phi) is 12.6. The summed E-state index contributed by atoms with van der Waals surface area (Å²) in [6.45, 7) is 6.15. The first-order valence-electron chi connectivity index (χ1n) is 24.0. The van der Waals surface area contributed by atoms with Gasteiger partial charge in [0.05, 0.1) is 18.7 Å². The normalized spacial score (nSPS) is 17.9. The van der Waals surface area contributed by atoms with Crippen molar-refractivity contribution in [2.75, 3.05) is 20.2 Å². The van der Waals surface area contributed by atoms with E-state index >= 15 is 4.79 Å². The molecule has 1 N–H and O–H groups in total. The van der Waals surface area contributed by atoms with Gasteiger partial charge in [-0.2, -0.15) is 0 Å². The summed E-state index contributed by atoms with van der Waals surface area (Å²) in [5.74, 6) is 1.61. The SMILES string of the molecule is C=CC1CN2CCC1CC2C(NC(=O)c1ccccc1P(c1cc(-c2ccccc2)cc(-c2ccccc2)c1)c1cc(-c2ccccc2)cc(-c2ccccc2)c1)c1ccnc2ccc(OC)cc12. The van der Waals surface area contributed by atoms with Crippen LogP contribution < -0.4 is 26.0 Å². The number of benzene rings is 8. The second kappa shape index (κ2) is 19.7. The Bertz CT molecular complexity index is 3030. The molecular formula is C63H54N3O2P. The zero-order valence-corrected chi connectivity index (χ0v) is 39.7. The van der Waals surface area contributed by atoms with Gasteiger partial charge >= 0.3 is 0 Å². The van der Waals surface area contributed by atoms with E-state index in [1.54, 1.807) is 7.11 Å². The maximum absolute atomic E-state index is 15.8. The molecule has 0 saturated carbocycles. The molecule has 4 heterocycles. The fourth-order valence-electron chi connectivity index (χ4n) is 10.8. The van der Waals surface area contributed by atoms with Crippen LogP contribution in [0.3, 0.4) is 0 Å². The molecule has 3 aliphatic heterocycles. The lowest BCUT2D eigenvalue weighted by Gasteiger charge is -2.51. The van der Waals surface area contributed by atoms with Gasteiger partial charge in [-0.25, -0.2) is 0 Å². The fraction of sp³-hybridized carbons (Fsp3) is 0.143. The molecule has 12 rings (SSSR count). The van der Waals surface area contributed by atoms with Gasteiger partial charge in [0.15, 0.2) is 0 Å². The summed E-state index contributed by atoms with van der Waals surface area (Å²) in [5.41, 5.74) is 11.7. The van der Waals surface area contributed by atoms with Gasteiger partial charge in [0.1, 0.15) is 5.75 Å². The van der Waals surface area contributed by atoms with Crippen LogP contribution in [0, 0.1) is 11.8 Å². The van der Waals surface area contributed by atoms with Crippen LogP contribution in [0.15, 0.2) is 225 Å². The number of hydrogen-bond donors (Lipinski definition) is 1. The van der Waals surface area contributed by atoms with Crippen LogP contribution in [0.2, 0.25) is 0 Å². The molecule has 6 heteroatoms. The minimum atomic E-state index is -1.38. The van der Waals surface area contributed by atoms with Crippen molar-refractivity contribution in [2.24, 2.45) is 11.8 Å². The molecule has 1 amide bonds. The number of rotatable bonds is 13. The molecule has 338 valence electrons. The Hall–Kier alpha value is -7.43. The highest BCUT2D eigenvalue weighted by atomic mass is 31.1. The van der Waals surface area contributed by atoms with E-state index in [9.17, 15) is 0 Å². The maximum atomic E-state index is 15.8. The topological polar surface area (TPSA) is 54.5 Å². The van der Waals surface area contributed by atoms with Crippen molar-refractivity contribution in [2.45, 2.75) is 24.9 Å². The van der Waals surface area contributed by atoms with E-state index < -0.39 is 7.92 Å². The smallest absolute Gasteiger partial charge is 0.252 e. The first kappa shape index (κ1) is 44.1. The number of carbonyl (C=O) groups is 1. The standard InChI is InChI=1S/C63H54N3O2P/c1-3-43-42-66-33-31-48(43)40-60(66)62(56-30-32-64-59-29-28-53(68-2)41-58(56)59)65-63(67)57-26-16-17-27-61(57)69(54-36-49(44-18-8-4-9-19-44)34-50(37-54)45-20-10-5-11-21-45)55-38-51(46-22-12-6-13-23-46)35-52(39-55)47-24-14-7-15-25-47/h3-30,32,34-39,41,43,48,60,62H,1,31,33,40,42H2,2H3,(H,65,67). The Labute approximate surface area is 406 Å². The first-order valence-corrected chi connectivity index (χ1v) is 25.4. The van der Waals surface area contributed by atoms with E-state index in [4.69, 9.17) is 9.72 Å². The van der Waals surface area contributed by atoms with Crippen LogP contribution in [-0.4, -0.2) is 42.0 Å². The molecule has 8 aromatic carbocycles. The lowest BCUT2D eigenvalue weighted by Crippen LogP contribution is -2.57. The van der Waals surface area contributed by atoms with Crippen LogP contribution >= 0.6 is 7.92 Å². The molecule has 5 nitrogen and oxygen atoms in total. The second-order valence-electron chi connectivity index (χ2n) is 18.3. The van der Waals surface area contributed by atoms with Crippen molar-refractivity contribution in [3.05, 3.63) is 236 Å². The maximum Gasteiger partial charge on any atom is 0.252 e. The van der Waals surface area contributed by atoms with Crippen molar-refractivity contribution in [1.82, 2.24) is 15.2 Å². The van der Waals surface area contributed by atoms with Crippen LogP contribution in [0.5, 0.6) is 5.75 Å². The molecule has 9 aromatic rings. The molecule has 3 fully saturated rings. The average molecular weight is 916 g/mol. The molecule has 1 aromatic heterocycles. The quantitative estimate of drug-likeness (QED) is 0.0925. The van der Waals surface area contributed by atoms with Gasteiger partial charge in [0.2, 0.25) is 0 Å². The van der Waals surface area contributed by atoms with Gasteiger partial charge in [-0.05, 0) is 172 Å². The number of hydrogen-bond acceptors (Lipinski definition) is 4. The summed E-state index contributed by atoms with van der Waals surface area (Å²) in [5, 5.41) is 8.04. The predicted molar refractivity (Wildman–Crippen MR) is 287 cm³/mol. The third-order valence-corrected chi connectivity index (χ3v) is 16.7. The van der Waals surface area contributed by atoms with Crippen molar-refractivity contribution >= 4 is 40.6 Å². The molecule has 2 bridgehead atoms. The van der Waals surface area contributed by atoms with E-state index in [0.29, 0.717) is 17.4 Å². The zero-order chi connectivity index (χ0) is 46.7. The number of ether oxygens (including phenoxy) is 1. The highest BCUT2D eigenvalue weighted by molar-refractivity contribution is 7.80. The second-order valence-corrected chi connectivity index (χ2v) is 20.5. The van der Waals surface area contributed by atoms with Crippen molar-refractivity contribution in [3.63, 3.8) is 0 Å². The first-order chi connectivity index (χ1) is 34.0. The molecule has 5 unspecified atom stereocenters. The lowest BCUT2D eigenvalue weighted by atomic mass is 9.73. The summed E-state index contributed by atoms with van der Waals surface area (Å²) in [6, 6.07) is 72.9. The molecule has 5 atom stereocenters. The van der Waals surface area contributed by atoms with Gasteiger partial charge in [-0.15, -0.1) is 6.58 Å². The Balaban J connectivity index is 1.11. The van der Waals surface area contributed by atoms with E-state index in [-0.39, 0.29) is 18.0 Å². The molecule has 0 radical (unpaired) electrons. The molecule has 0 aliphatic carbocycles. The average Bonchev–Trinajstić information content (AvgIpc) is 3.43. The number of nitrogens with one attached hydrogen (secondary N) is 1. The highest BCUT2D eigenvalue weighted by Crippen LogP contribution is 2.44. The minimum Gasteiger partial charge on any atom is -0.497 e. The van der Waals surface area contributed by atoms with Crippen molar-refractivity contribution in [3.8, 4) is 50.3 Å². The van der Waals surface area contributed by atoms with Crippen molar-refractivity contribution in [1.29, 1.82) is 0 Å².